The molecule has 2 fully saturated rings. The molecule has 0 aromatic rings. The Kier molecular flexibility index (Phi) is 3.59. The van der Waals surface area contributed by atoms with Gasteiger partial charge in [-0.2, -0.15) is 0 Å². The van der Waals surface area contributed by atoms with Crippen LogP contribution in [0.4, 0.5) is 0 Å². The number of hydrogen-bond donors (Lipinski definition) is 1. The number of aliphatic hydroxyl groups excluding tert-OH is 1. The van der Waals surface area contributed by atoms with Crippen LogP contribution in [-0.4, -0.2) is 35.4 Å². The van der Waals surface area contributed by atoms with Gasteiger partial charge in [0.05, 0.1) is 12.0 Å². The van der Waals surface area contributed by atoms with E-state index < -0.39 is 11.5 Å². The zero-order valence-corrected chi connectivity index (χ0v) is 13.5. The smallest absolute Gasteiger partial charge is 0.309 e. The van der Waals surface area contributed by atoms with Crippen molar-refractivity contribution in [2.24, 2.45) is 23.2 Å². The fourth-order valence-electron chi connectivity index (χ4n) is 4.81. The summed E-state index contributed by atoms with van der Waals surface area (Å²) in [5, 5.41) is 10.6. The maximum absolute atomic E-state index is 12.1. The van der Waals surface area contributed by atoms with Gasteiger partial charge in [-0.3, -0.25) is 9.59 Å². The Morgan fingerprint density at radius 1 is 1.50 bits per heavy atom. The summed E-state index contributed by atoms with van der Waals surface area (Å²) >= 11 is 0. The molecule has 5 nitrogen and oxygen atoms in total. The quantitative estimate of drug-likeness (QED) is 0.591. The first-order valence-corrected chi connectivity index (χ1v) is 7.98. The lowest BCUT2D eigenvalue weighted by molar-refractivity contribution is -0.175. The van der Waals surface area contributed by atoms with Crippen molar-refractivity contribution in [1.29, 1.82) is 0 Å². The third kappa shape index (κ3) is 2.09. The summed E-state index contributed by atoms with van der Waals surface area (Å²) < 4.78 is 11.2. The Morgan fingerprint density at radius 3 is 2.82 bits per heavy atom. The van der Waals surface area contributed by atoms with Crippen molar-refractivity contribution in [1.82, 2.24) is 0 Å². The monoisotopic (exact) mass is 308 g/mol. The summed E-state index contributed by atoms with van der Waals surface area (Å²) in [5.41, 5.74) is 0.718. The SMILES string of the molecule is CC(=O)O[C@H]1C[C@@]2(C)[C@H](O)CC=C(C)[C@@H]2[C@H]2OC(=O)[C@@H](C)[C@@H]21. The Morgan fingerprint density at radius 2 is 2.18 bits per heavy atom. The number of carbonyl (C=O) groups is 2. The third-order valence-electron chi connectivity index (χ3n) is 5.92. The van der Waals surface area contributed by atoms with Crippen molar-refractivity contribution < 1.29 is 24.2 Å². The van der Waals surface area contributed by atoms with Crippen LogP contribution in [0.3, 0.4) is 0 Å². The number of rotatable bonds is 1. The van der Waals surface area contributed by atoms with E-state index in [1.165, 1.54) is 6.92 Å². The second-order valence-electron chi connectivity index (χ2n) is 7.30. The third-order valence-corrected chi connectivity index (χ3v) is 5.92. The zero-order valence-electron chi connectivity index (χ0n) is 13.5. The van der Waals surface area contributed by atoms with Gasteiger partial charge in [-0.1, -0.05) is 25.5 Å². The molecule has 0 aromatic heterocycles. The highest BCUT2D eigenvalue weighted by Crippen LogP contribution is 2.57. The molecule has 5 heteroatoms. The lowest BCUT2D eigenvalue weighted by Gasteiger charge is -2.53. The van der Waals surface area contributed by atoms with E-state index in [9.17, 15) is 14.7 Å². The average molecular weight is 308 g/mol. The molecule has 122 valence electrons. The van der Waals surface area contributed by atoms with Gasteiger partial charge in [0, 0.05) is 24.2 Å². The lowest BCUT2D eigenvalue weighted by Crippen LogP contribution is -2.58. The van der Waals surface area contributed by atoms with E-state index in [-0.39, 0.29) is 41.9 Å². The van der Waals surface area contributed by atoms with Crippen LogP contribution in [-0.2, 0) is 19.1 Å². The van der Waals surface area contributed by atoms with Crippen molar-refractivity contribution in [3.05, 3.63) is 11.6 Å². The van der Waals surface area contributed by atoms with Crippen molar-refractivity contribution >= 4 is 11.9 Å². The van der Waals surface area contributed by atoms with Gasteiger partial charge in [0.2, 0.25) is 0 Å². The first-order valence-electron chi connectivity index (χ1n) is 7.98. The highest BCUT2D eigenvalue weighted by atomic mass is 16.6. The molecule has 22 heavy (non-hydrogen) atoms. The zero-order chi connectivity index (χ0) is 16.2. The van der Waals surface area contributed by atoms with E-state index in [2.05, 4.69) is 0 Å². The molecule has 0 amide bonds. The number of carbonyl (C=O) groups excluding carboxylic acids is 2. The van der Waals surface area contributed by atoms with Crippen LogP contribution in [0.5, 0.6) is 0 Å². The molecule has 0 bridgehead atoms. The predicted molar refractivity (Wildman–Crippen MR) is 78.7 cm³/mol. The molecule has 1 aliphatic heterocycles. The maximum atomic E-state index is 12.1. The second kappa shape index (κ2) is 5.08. The largest absolute Gasteiger partial charge is 0.462 e. The van der Waals surface area contributed by atoms with Crippen molar-refractivity contribution in [3.63, 3.8) is 0 Å². The maximum Gasteiger partial charge on any atom is 0.309 e. The summed E-state index contributed by atoms with van der Waals surface area (Å²) in [6, 6.07) is 0. The van der Waals surface area contributed by atoms with Crippen LogP contribution in [0.25, 0.3) is 0 Å². The summed E-state index contributed by atoms with van der Waals surface area (Å²) in [6.07, 6.45) is 1.97. The molecule has 3 aliphatic rings. The molecule has 0 unspecified atom stereocenters. The van der Waals surface area contributed by atoms with E-state index in [1.54, 1.807) is 0 Å². The highest BCUT2D eigenvalue weighted by molar-refractivity contribution is 5.75. The van der Waals surface area contributed by atoms with Gasteiger partial charge in [-0.25, -0.2) is 0 Å². The fourth-order valence-corrected chi connectivity index (χ4v) is 4.81. The molecule has 0 radical (unpaired) electrons. The second-order valence-corrected chi connectivity index (χ2v) is 7.30. The van der Waals surface area contributed by atoms with Crippen LogP contribution in [0.2, 0.25) is 0 Å². The number of esters is 2. The van der Waals surface area contributed by atoms with Crippen LogP contribution in [0.15, 0.2) is 11.6 Å². The number of hydrogen-bond acceptors (Lipinski definition) is 5. The van der Waals surface area contributed by atoms with Crippen molar-refractivity contribution in [2.75, 3.05) is 0 Å². The molecule has 3 rings (SSSR count). The summed E-state index contributed by atoms with van der Waals surface area (Å²) in [4.78, 5) is 23.6. The first-order chi connectivity index (χ1) is 10.3. The van der Waals surface area contributed by atoms with Gasteiger partial charge in [-0.05, 0) is 19.8 Å². The Hall–Kier alpha value is -1.36. The minimum absolute atomic E-state index is 0.0121. The van der Waals surface area contributed by atoms with Crippen molar-refractivity contribution in [3.8, 4) is 0 Å². The van der Waals surface area contributed by atoms with Crippen LogP contribution < -0.4 is 0 Å². The van der Waals surface area contributed by atoms with Crippen LogP contribution in [0.1, 0.15) is 40.5 Å². The molecule has 1 heterocycles. The van der Waals surface area contributed by atoms with E-state index >= 15 is 0 Å². The summed E-state index contributed by atoms with van der Waals surface area (Å²) in [7, 11) is 0. The number of ether oxygens (including phenoxy) is 2. The molecule has 1 saturated heterocycles. The summed E-state index contributed by atoms with van der Waals surface area (Å²) in [5.74, 6) is -1.02. The van der Waals surface area contributed by atoms with E-state index in [0.29, 0.717) is 12.8 Å². The minimum Gasteiger partial charge on any atom is -0.462 e. The molecule has 7 atom stereocenters. The molecule has 1 N–H and O–H groups in total. The van der Waals surface area contributed by atoms with E-state index in [0.717, 1.165) is 5.57 Å². The van der Waals surface area contributed by atoms with E-state index in [1.807, 2.05) is 26.8 Å². The molecule has 2 aliphatic carbocycles. The molecule has 0 aromatic carbocycles. The molecule has 1 saturated carbocycles. The molecule has 0 spiro atoms. The molecular weight excluding hydrogens is 284 g/mol. The topological polar surface area (TPSA) is 72.8 Å². The average Bonchev–Trinajstić information content (AvgIpc) is 2.70. The standard InChI is InChI=1S/C17H24O5/c1-8-5-6-12(19)17(4)7-11(21-10(3)18)13-9(2)16(20)22-15(13)14(8)17/h5,9,11-15,19H,6-7H2,1-4H3/t9-,11-,12+,13+,14+,15-,17-/m0/s1. The normalized spacial score (nSPS) is 47.1. The van der Waals surface area contributed by atoms with Gasteiger partial charge in [0.1, 0.15) is 12.2 Å². The van der Waals surface area contributed by atoms with Gasteiger partial charge >= 0.3 is 11.9 Å². The van der Waals surface area contributed by atoms with Gasteiger partial charge in [-0.15, -0.1) is 0 Å². The Bertz CT molecular complexity index is 539. The lowest BCUT2D eigenvalue weighted by atomic mass is 9.54. The van der Waals surface area contributed by atoms with Gasteiger partial charge < -0.3 is 14.6 Å². The van der Waals surface area contributed by atoms with E-state index in [4.69, 9.17) is 9.47 Å². The predicted octanol–water partition coefficient (Wildman–Crippen LogP) is 1.83. The summed E-state index contributed by atoms with van der Waals surface area (Å²) in [6.45, 7) is 7.27. The van der Waals surface area contributed by atoms with Crippen molar-refractivity contribution in [2.45, 2.75) is 58.8 Å². The fraction of sp³-hybridized carbons (Fsp3) is 0.765. The Labute approximate surface area is 130 Å². The highest BCUT2D eigenvalue weighted by Gasteiger charge is 2.62. The molecular formula is C17H24O5. The van der Waals surface area contributed by atoms with Crippen LogP contribution >= 0.6 is 0 Å². The number of aliphatic hydroxyl groups is 1. The Balaban J connectivity index is 2.04. The number of fused-ring (bicyclic) bond motifs is 3. The minimum atomic E-state index is -0.519. The van der Waals surface area contributed by atoms with Gasteiger partial charge in [0.25, 0.3) is 0 Å². The van der Waals surface area contributed by atoms with Gasteiger partial charge in [0.15, 0.2) is 0 Å². The first kappa shape index (κ1) is 15.5. The van der Waals surface area contributed by atoms with Crippen LogP contribution in [0, 0.1) is 23.2 Å².